The van der Waals surface area contributed by atoms with Crippen molar-refractivity contribution in [1.82, 2.24) is 10.2 Å². The Kier molecular flexibility index (Phi) is 5.67. The molecule has 2 aliphatic rings. The van der Waals surface area contributed by atoms with E-state index in [0.29, 0.717) is 12.0 Å². The number of likely N-dealkylation sites (tertiary alicyclic amines) is 1. The molecule has 1 saturated heterocycles. The van der Waals surface area contributed by atoms with Gasteiger partial charge in [-0.25, -0.2) is 0 Å². The molecule has 1 saturated carbocycles. The Morgan fingerprint density at radius 3 is 2.68 bits per heavy atom. The van der Waals surface area contributed by atoms with Crippen molar-refractivity contribution in [3.05, 3.63) is 0 Å². The molecule has 0 bridgehead atoms. The van der Waals surface area contributed by atoms with E-state index in [9.17, 15) is 5.11 Å². The third-order valence-corrected chi connectivity index (χ3v) is 5.21. The summed E-state index contributed by atoms with van der Waals surface area (Å²) in [5.74, 6) is 2.11. The lowest BCUT2D eigenvalue weighted by Crippen LogP contribution is -2.49. The highest BCUT2D eigenvalue weighted by Crippen LogP contribution is 2.30. The minimum absolute atomic E-state index is 0.118. The van der Waals surface area contributed by atoms with Crippen LogP contribution in [0.2, 0.25) is 0 Å². The molecule has 5 unspecified atom stereocenters. The second kappa shape index (κ2) is 7.05. The molecule has 3 nitrogen and oxygen atoms in total. The van der Waals surface area contributed by atoms with Crippen LogP contribution in [0.1, 0.15) is 46.5 Å². The molecule has 0 spiro atoms. The topological polar surface area (TPSA) is 35.5 Å². The van der Waals surface area contributed by atoms with Gasteiger partial charge in [-0.15, -0.1) is 0 Å². The fourth-order valence-corrected chi connectivity index (χ4v) is 3.84. The molecule has 5 atom stereocenters. The summed E-state index contributed by atoms with van der Waals surface area (Å²) in [7, 11) is 0. The normalized spacial score (nSPS) is 41.4. The van der Waals surface area contributed by atoms with Crippen molar-refractivity contribution in [3.8, 4) is 0 Å². The number of hydrogen-bond acceptors (Lipinski definition) is 3. The van der Waals surface area contributed by atoms with Crippen molar-refractivity contribution in [2.75, 3.05) is 26.2 Å². The lowest BCUT2D eigenvalue weighted by atomic mass is 9.78. The fourth-order valence-electron chi connectivity index (χ4n) is 3.84. The van der Waals surface area contributed by atoms with Crippen LogP contribution in [0.15, 0.2) is 0 Å². The number of β-amino-alcohol motifs (C(OH)–C–C–N with tert-alkyl or cyclic N) is 1. The quantitative estimate of drug-likeness (QED) is 0.820. The van der Waals surface area contributed by atoms with E-state index in [0.717, 1.165) is 31.3 Å². The zero-order valence-corrected chi connectivity index (χ0v) is 12.9. The predicted octanol–water partition coefficient (Wildman–Crippen LogP) is 2.10. The maximum Gasteiger partial charge on any atom is 0.0693 e. The zero-order valence-electron chi connectivity index (χ0n) is 12.9. The van der Waals surface area contributed by atoms with E-state index >= 15 is 0 Å². The molecule has 1 aliphatic carbocycles. The van der Waals surface area contributed by atoms with E-state index in [2.05, 4.69) is 31.0 Å². The number of aliphatic hydroxyl groups is 1. The standard InChI is InChI=1S/C16H32N2O/c1-4-17-15-6-5-12(2)9-14(15)10-18-8-7-13(3)16(19)11-18/h12-17,19H,4-11H2,1-3H3. The molecule has 19 heavy (non-hydrogen) atoms. The molecular formula is C16H32N2O. The van der Waals surface area contributed by atoms with Crippen molar-refractivity contribution in [2.45, 2.75) is 58.6 Å². The SMILES string of the molecule is CCNC1CCC(C)CC1CN1CCC(C)C(O)C1. The number of nitrogens with zero attached hydrogens (tertiary/aromatic N) is 1. The van der Waals surface area contributed by atoms with Crippen LogP contribution in [-0.4, -0.2) is 48.3 Å². The van der Waals surface area contributed by atoms with Crippen LogP contribution < -0.4 is 5.32 Å². The molecule has 2 N–H and O–H groups in total. The highest BCUT2D eigenvalue weighted by molar-refractivity contribution is 4.87. The van der Waals surface area contributed by atoms with E-state index in [4.69, 9.17) is 0 Å². The molecule has 2 rings (SSSR count). The minimum atomic E-state index is -0.118. The van der Waals surface area contributed by atoms with Gasteiger partial charge in [-0.05, 0) is 56.5 Å². The molecule has 2 fully saturated rings. The fraction of sp³-hybridized carbons (Fsp3) is 1.00. The Hall–Kier alpha value is -0.120. The minimum Gasteiger partial charge on any atom is -0.392 e. The van der Waals surface area contributed by atoms with Crippen LogP contribution in [-0.2, 0) is 0 Å². The van der Waals surface area contributed by atoms with Gasteiger partial charge in [0.25, 0.3) is 0 Å². The first-order valence-corrected chi connectivity index (χ1v) is 8.24. The van der Waals surface area contributed by atoms with Crippen molar-refractivity contribution in [1.29, 1.82) is 0 Å². The van der Waals surface area contributed by atoms with Gasteiger partial charge in [0.05, 0.1) is 6.10 Å². The monoisotopic (exact) mass is 268 g/mol. The number of rotatable bonds is 4. The summed E-state index contributed by atoms with van der Waals surface area (Å²) < 4.78 is 0. The Balaban J connectivity index is 1.87. The van der Waals surface area contributed by atoms with Gasteiger partial charge in [-0.3, -0.25) is 0 Å². The van der Waals surface area contributed by atoms with Gasteiger partial charge in [0.15, 0.2) is 0 Å². The Morgan fingerprint density at radius 1 is 1.21 bits per heavy atom. The maximum atomic E-state index is 10.0. The second-order valence-corrected chi connectivity index (χ2v) is 6.94. The lowest BCUT2D eigenvalue weighted by molar-refractivity contribution is 0.0153. The molecule has 1 heterocycles. The van der Waals surface area contributed by atoms with Crippen LogP contribution in [0.5, 0.6) is 0 Å². The molecule has 0 aromatic heterocycles. The summed E-state index contributed by atoms with van der Waals surface area (Å²) in [4.78, 5) is 2.50. The van der Waals surface area contributed by atoms with E-state index < -0.39 is 0 Å². The van der Waals surface area contributed by atoms with E-state index in [-0.39, 0.29) is 6.10 Å². The number of aliphatic hydroxyl groups excluding tert-OH is 1. The van der Waals surface area contributed by atoms with Gasteiger partial charge in [-0.2, -0.15) is 0 Å². The summed E-state index contributed by atoms with van der Waals surface area (Å²) in [5, 5.41) is 13.7. The second-order valence-electron chi connectivity index (χ2n) is 6.94. The first kappa shape index (κ1) is 15.3. The Bertz CT molecular complexity index is 271. The third kappa shape index (κ3) is 4.17. The molecule has 0 amide bonds. The van der Waals surface area contributed by atoms with Crippen LogP contribution in [0.25, 0.3) is 0 Å². The first-order valence-electron chi connectivity index (χ1n) is 8.24. The van der Waals surface area contributed by atoms with Crippen molar-refractivity contribution in [2.24, 2.45) is 17.8 Å². The highest BCUT2D eigenvalue weighted by atomic mass is 16.3. The molecule has 3 heteroatoms. The van der Waals surface area contributed by atoms with Crippen LogP contribution in [0.4, 0.5) is 0 Å². The van der Waals surface area contributed by atoms with Crippen molar-refractivity contribution < 1.29 is 5.11 Å². The average molecular weight is 268 g/mol. The summed E-state index contributed by atoms with van der Waals surface area (Å²) >= 11 is 0. The molecule has 112 valence electrons. The van der Waals surface area contributed by atoms with E-state index in [1.54, 1.807) is 0 Å². The number of piperidine rings is 1. The van der Waals surface area contributed by atoms with Crippen molar-refractivity contribution in [3.63, 3.8) is 0 Å². The van der Waals surface area contributed by atoms with Gasteiger partial charge < -0.3 is 15.3 Å². The highest BCUT2D eigenvalue weighted by Gasteiger charge is 2.32. The van der Waals surface area contributed by atoms with Crippen LogP contribution in [0.3, 0.4) is 0 Å². The van der Waals surface area contributed by atoms with E-state index in [1.165, 1.54) is 32.4 Å². The summed E-state index contributed by atoms with van der Waals surface area (Å²) in [5.41, 5.74) is 0. The predicted molar refractivity (Wildman–Crippen MR) is 80.2 cm³/mol. The van der Waals surface area contributed by atoms with Gasteiger partial charge in [0.2, 0.25) is 0 Å². The molecular weight excluding hydrogens is 236 g/mol. The lowest BCUT2D eigenvalue weighted by Gasteiger charge is -2.41. The molecule has 0 aromatic carbocycles. The summed E-state index contributed by atoms with van der Waals surface area (Å²) in [6.45, 7) is 11.1. The van der Waals surface area contributed by atoms with Gasteiger partial charge in [-0.1, -0.05) is 20.8 Å². The van der Waals surface area contributed by atoms with Gasteiger partial charge in [0, 0.05) is 19.1 Å². The van der Waals surface area contributed by atoms with Crippen molar-refractivity contribution >= 4 is 0 Å². The zero-order chi connectivity index (χ0) is 13.8. The first-order chi connectivity index (χ1) is 9.10. The Morgan fingerprint density at radius 2 is 2.00 bits per heavy atom. The Labute approximate surface area is 118 Å². The number of nitrogens with one attached hydrogen (secondary N) is 1. The van der Waals surface area contributed by atoms with Gasteiger partial charge in [0.1, 0.15) is 0 Å². The largest absolute Gasteiger partial charge is 0.392 e. The molecule has 0 aromatic rings. The smallest absolute Gasteiger partial charge is 0.0693 e. The molecule has 1 aliphatic heterocycles. The average Bonchev–Trinajstić information content (AvgIpc) is 2.37. The number of hydrogen-bond donors (Lipinski definition) is 2. The van der Waals surface area contributed by atoms with Crippen LogP contribution >= 0.6 is 0 Å². The molecule has 0 radical (unpaired) electrons. The third-order valence-electron chi connectivity index (χ3n) is 5.21. The summed E-state index contributed by atoms with van der Waals surface area (Å²) in [6.07, 6.45) is 5.07. The van der Waals surface area contributed by atoms with Gasteiger partial charge >= 0.3 is 0 Å². The van der Waals surface area contributed by atoms with Crippen LogP contribution in [0, 0.1) is 17.8 Å². The van der Waals surface area contributed by atoms with E-state index in [1.807, 2.05) is 0 Å². The maximum absolute atomic E-state index is 10.0. The summed E-state index contributed by atoms with van der Waals surface area (Å²) in [6, 6.07) is 0.692.